The number of nitrogens with one attached hydrogen (secondary N) is 1. The van der Waals surface area contributed by atoms with Crippen molar-refractivity contribution < 1.29 is 9.53 Å². The second-order valence-corrected chi connectivity index (χ2v) is 2.58. The SMILES string of the molecule is COC(=O)c1c(N)n[nH]c1Br. The minimum Gasteiger partial charge on any atom is -0.465 e. The summed E-state index contributed by atoms with van der Waals surface area (Å²) >= 11 is 3.06. The number of carbonyl (C=O) groups is 1. The summed E-state index contributed by atoms with van der Waals surface area (Å²) in [6, 6.07) is 0. The number of methoxy groups -OCH3 is 1. The van der Waals surface area contributed by atoms with E-state index in [1.165, 1.54) is 7.11 Å². The molecular weight excluding hydrogens is 214 g/mol. The normalized spacial score (nSPS) is 9.64. The van der Waals surface area contributed by atoms with Crippen LogP contribution in [0, 0.1) is 0 Å². The lowest BCUT2D eigenvalue weighted by Gasteiger charge is -1.95. The quantitative estimate of drug-likeness (QED) is 0.676. The van der Waals surface area contributed by atoms with Gasteiger partial charge in [0, 0.05) is 0 Å². The van der Waals surface area contributed by atoms with Crippen LogP contribution in [0.15, 0.2) is 4.60 Å². The molecule has 5 nitrogen and oxygen atoms in total. The van der Waals surface area contributed by atoms with Crippen LogP contribution in [0.2, 0.25) is 0 Å². The van der Waals surface area contributed by atoms with Gasteiger partial charge in [-0.25, -0.2) is 4.79 Å². The van der Waals surface area contributed by atoms with Gasteiger partial charge < -0.3 is 10.5 Å². The number of rotatable bonds is 1. The van der Waals surface area contributed by atoms with Crippen molar-refractivity contribution in [3.05, 3.63) is 10.2 Å². The molecule has 0 aliphatic heterocycles. The molecule has 11 heavy (non-hydrogen) atoms. The zero-order valence-electron chi connectivity index (χ0n) is 5.72. The van der Waals surface area contributed by atoms with E-state index in [0.29, 0.717) is 4.60 Å². The van der Waals surface area contributed by atoms with Crippen molar-refractivity contribution in [3.8, 4) is 0 Å². The zero-order valence-corrected chi connectivity index (χ0v) is 7.31. The highest BCUT2D eigenvalue weighted by molar-refractivity contribution is 9.10. The highest BCUT2D eigenvalue weighted by atomic mass is 79.9. The summed E-state index contributed by atoms with van der Waals surface area (Å²) < 4.78 is 4.88. The number of hydrogen-bond acceptors (Lipinski definition) is 4. The topological polar surface area (TPSA) is 81.0 Å². The van der Waals surface area contributed by atoms with Gasteiger partial charge in [-0.1, -0.05) is 0 Å². The third-order valence-electron chi connectivity index (χ3n) is 1.14. The summed E-state index contributed by atoms with van der Waals surface area (Å²) in [6.07, 6.45) is 0. The van der Waals surface area contributed by atoms with Crippen molar-refractivity contribution >= 4 is 27.7 Å². The standard InChI is InChI=1S/C5H6BrN3O2/c1-11-5(10)2-3(6)8-9-4(2)7/h1H3,(H3,7,8,9). The van der Waals surface area contributed by atoms with Crippen LogP contribution in [0.5, 0.6) is 0 Å². The Balaban J connectivity index is 3.10. The molecule has 0 saturated heterocycles. The van der Waals surface area contributed by atoms with Gasteiger partial charge in [0.2, 0.25) is 0 Å². The van der Waals surface area contributed by atoms with E-state index in [1.54, 1.807) is 0 Å². The van der Waals surface area contributed by atoms with Gasteiger partial charge in [-0.15, -0.1) is 0 Å². The summed E-state index contributed by atoms with van der Waals surface area (Å²) in [5, 5.41) is 6.08. The summed E-state index contributed by atoms with van der Waals surface area (Å²) in [5.74, 6) is -0.383. The number of halogens is 1. The van der Waals surface area contributed by atoms with Gasteiger partial charge in [-0.3, -0.25) is 5.10 Å². The van der Waals surface area contributed by atoms with Gasteiger partial charge in [0.1, 0.15) is 10.2 Å². The van der Waals surface area contributed by atoms with E-state index in [9.17, 15) is 4.79 Å². The average molecular weight is 220 g/mol. The van der Waals surface area contributed by atoms with Crippen LogP contribution < -0.4 is 5.73 Å². The Kier molecular flexibility index (Phi) is 2.13. The molecule has 0 saturated carbocycles. The van der Waals surface area contributed by atoms with Gasteiger partial charge in [-0.2, -0.15) is 5.10 Å². The molecule has 0 amide bonds. The fourth-order valence-electron chi connectivity index (χ4n) is 0.630. The number of carbonyl (C=O) groups excluding carboxylic acids is 1. The highest BCUT2D eigenvalue weighted by Gasteiger charge is 2.16. The number of nitrogens with zero attached hydrogens (tertiary/aromatic N) is 1. The lowest BCUT2D eigenvalue weighted by molar-refractivity contribution is 0.0601. The van der Waals surface area contributed by atoms with Crippen LogP contribution in [-0.2, 0) is 4.74 Å². The maximum Gasteiger partial charge on any atom is 0.344 e. The lowest BCUT2D eigenvalue weighted by atomic mass is 10.3. The van der Waals surface area contributed by atoms with E-state index in [1.807, 2.05) is 0 Å². The van der Waals surface area contributed by atoms with Crippen LogP contribution in [0.4, 0.5) is 5.82 Å². The van der Waals surface area contributed by atoms with Gasteiger partial charge in [0.25, 0.3) is 0 Å². The number of anilines is 1. The molecule has 0 aromatic carbocycles. The summed E-state index contributed by atoms with van der Waals surface area (Å²) in [6.45, 7) is 0. The molecule has 1 aromatic heterocycles. The first-order chi connectivity index (χ1) is 5.16. The van der Waals surface area contributed by atoms with E-state index in [-0.39, 0.29) is 11.4 Å². The third kappa shape index (κ3) is 1.35. The predicted molar refractivity (Wildman–Crippen MR) is 42.0 cm³/mol. The number of ether oxygens (including phenoxy) is 1. The van der Waals surface area contributed by atoms with E-state index in [4.69, 9.17) is 5.73 Å². The Morgan fingerprint density at radius 3 is 2.82 bits per heavy atom. The molecular formula is C5H6BrN3O2. The fraction of sp³-hybridized carbons (Fsp3) is 0.200. The van der Waals surface area contributed by atoms with Crippen molar-refractivity contribution in [3.63, 3.8) is 0 Å². The van der Waals surface area contributed by atoms with Crippen LogP contribution in [0.3, 0.4) is 0 Å². The second-order valence-electron chi connectivity index (χ2n) is 1.79. The molecule has 3 N–H and O–H groups in total. The molecule has 0 atom stereocenters. The van der Waals surface area contributed by atoms with E-state index < -0.39 is 5.97 Å². The smallest absolute Gasteiger partial charge is 0.344 e. The Morgan fingerprint density at radius 1 is 1.82 bits per heavy atom. The van der Waals surface area contributed by atoms with Crippen LogP contribution in [0.1, 0.15) is 10.4 Å². The molecule has 1 aromatic rings. The minimum absolute atomic E-state index is 0.128. The van der Waals surface area contributed by atoms with Crippen LogP contribution in [0.25, 0.3) is 0 Å². The predicted octanol–water partition coefficient (Wildman–Crippen LogP) is 0.541. The number of esters is 1. The van der Waals surface area contributed by atoms with Crippen LogP contribution >= 0.6 is 15.9 Å². The number of aromatic amines is 1. The number of aromatic nitrogens is 2. The zero-order chi connectivity index (χ0) is 8.43. The number of nitrogen functional groups attached to an aromatic ring is 1. The molecule has 60 valence electrons. The minimum atomic E-state index is -0.511. The average Bonchev–Trinajstić information content (AvgIpc) is 2.30. The fourth-order valence-corrected chi connectivity index (χ4v) is 1.08. The van der Waals surface area contributed by atoms with Crippen molar-refractivity contribution in [1.82, 2.24) is 10.2 Å². The maximum atomic E-state index is 10.9. The van der Waals surface area contributed by atoms with E-state index in [2.05, 4.69) is 30.9 Å². The van der Waals surface area contributed by atoms with Crippen molar-refractivity contribution in [2.45, 2.75) is 0 Å². The molecule has 1 heterocycles. The first kappa shape index (κ1) is 8.06. The molecule has 1 rings (SSSR count). The Morgan fingerprint density at radius 2 is 2.45 bits per heavy atom. The maximum absolute atomic E-state index is 10.9. The van der Waals surface area contributed by atoms with Gasteiger partial charge >= 0.3 is 5.97 Å². The molecule has 0 spiro atoms. The van der Waals surface area contributed by atoms with Crippen LogP contribution in [-0.4, -0.2) is 23.3 Å². The molecule has 0 aliphatic rings. The Bertz CT molecular complexity index is 264. The van der Waals surface area contributed by atoms with Gasteiger partial charge in [-0.05, 0) is 15.9 Å². The highest BCUT2D eigenvalue weighted by Crippen LogP contribution is 2.19. The van der Waals surface area contributed by atoms with E-state index >= 15 is 0 Å². The Hall–Kier alpha value is -1.04. The Labute approximate surface area is 71.0 Å². The molecule has 0 bridgehead atoms. The largest absolute Gasteiger partial charge is 0.465 e. The van der Waals surface area contributed by atoms with Gasteiger partial charge in [0.15, 0.2) is 5.82 Å². The van der Waals surface area contributed by atoms with Crippen molar-refractivity contribution in [1.29, 1.82) is 0 Å². The summed E-state index contributed by atoms with van der Waals surface area (Å²) in [4.78, 5) is 10.9. The molecule has 0 radical (unpaired) electrons. The number of H-pyrrole nitrogens is 1. The van der Waals surface area contributed by atoms with Gasteiger partial charge in [0.05, 0.1) is 7.11 Å². The third-order valence-corrected chi connectivity index (χ3v) is 1.71. The summed E-state index contributed by atoms with van der Waals surface area (Å²) in [5.41, 5.74) is 5.57. The first-order valence-corrected chi connectivity index (χ1v) is 3.53. The number of nitrogens with two attached hydrogens (primary N) is 1. The molecule has 6 heteroatoms. The first-order valence-electron chi connectivity index (χ1n) is 2.74. The monoisotopic (exact) mass is 219 g/mol. The van der Waals surface area contributed by atoms with E-state index in [0.717, 1.165) is 0 Å². The molecule has 0 fully saturated rings. The van der Waals surface area contributed by atoms with Crippen molar-refractivity contribution in [2.75, 3.05) is 12.8 Å². The molecule has 0 aliphatic carbocycles. The number of hydrogen-bond donors (Lipinski definition) is 2. The summed E-state index contributed by atoms with van der Waals surface area (Å²) in [7, 11) is 1.28. The van der Waals surface area contributed by atoms with Crippen molar-refractivity contribution in [2.24, 2.45) is 0 Å². The lowest BCUT2D eigenvalue weighted by Crippen LogP contribution is -2.03. The molecule has 0 unspecified atom stereocenters. The second kappa shape index (κ2) is 2.91.